The minimum Gasteiger partial charge on any atom is -0.465 e. The van der Waals surface area contributed by atoms with Crippen molar-refractivity contribution in [2.75, 3.05) is 30.4 Å². The van der Waals surface area contributed by atoms with Gasteiger partial charge in [-0.15, -0.1) is 0 Å². The van der Waals surface area contributed by atoms with E-state index in [4.69, 9.17) is 9.26 Å². The third-order valence-corrected chi connectivity index (χ3v) is 4.80. The van der Waals surface area contributed by atoms with Gasteiger partial charge in [-0.25, -0.2) is 4.79 Å². The first-order valence-electron chi connectivity index (χ1n) is 9.31. The Labute approximate surface area is 167 Å². The highest BCUT2D eigenvalue weighted by Gasteiger charge is 2.21. The van der Waals surface area contributed by atoms with E-state index >= 15 is 0 Å². The highest BCUT2D eigenvalue weighted by atomic mass is 16.5. The predicted molar refractivity (Wildman–Crippen MR) is 107 cm³/mol. The molecule has 1 N–H and O–H groups in total. The molecule has 8 nitrogen and oxygen atoms in total. The topological polar surface area (TPSA) is 97.6 Å². The maximum atomic E-state index is 12.8. The van der Waals surface area contributed by atoms with Crippen molar-refractivity contribution in [3.63, 3.8) is 0 Å². The van der Waals surface area contributed by atoms with Gasteiger partial charge in [-0.1, -0.05) is 5.16 Å². The molecule has 1 aromatic carbocycles. The van der Waals surface area contributed by atoms with Crippen LogP contribution in [-0.2, 0) is 4.74 Å². The normalized spacial score (nSPS) is 13.3. The van der Waals surface area contributed by atoms with Crippen molar-refractivity contribution in [1.29, 1.82) is 0 Å². The lowest BCUT2D eigenvalue weighted by Gasteiger charge is -2.22. The molecule has 2 aromatic heterocycles. The Kier molecular flexibility index (Phi) is 5.24. The lowest BCUT2D eigenvalue weighted by Crippen LogP contribution is -2.21. The number of nitrogens with zero attached hydrogens (tertiary/aromatic N) is 3. The van der Waals surface area contributed by atoms with Crippen molar-refractivity contribution >= 4 is 23.3 Å². The number of nitrogens with one attached hydrogen (secondary N) is 1. The van der Waals surface area contributed by atoms with Gasteiger partial charge in [-0.05, 0) is 43.2 Å². The molecule has 0 spiro atoms. The Morgan fingerprint density at radius 2 is 2.00 bits per heavy atom. The van der Waals surface area contributed by atoms with Crippen LogP contribution in [0.25, 0.3) is 11.3 Å². The van der Waals surface area contributed by atoms with Gasteiger partial charge >= 0.3 is 5.97 Å². The van der Waals surface area contributed by atoms with Gasteiger partial charge in [0.25, 0.3) is 5.91 Å². The largest absolute Gasteiger partial charge is 0.465 e. The minimum absolute atomic E-state index is 0.139. The Morgan fingerprint density at radius 1 is 1.17 bits per heavy atom. The van der Waals surface area contributed by atoms with E-state index in [9.17, 15) is 9.59 Å². The van der Waals surface area contributed by atoms with Crippen LogP contribution in [-0.4, -0.2) is 42.2 Å². The number of methoxy groups -OCH3 is 1. The van der Waals surface area contributed by atoms with Crippen molar-refractivity contribution in [3.05, 3.63) is 60.0 Å². The summed E-state index contributed by atoms with van der Waals surface area (Å²) in [5, 5.41) is 6.73. The monoisotopic (exact) mass is 392 g/mol. The second-order valence-corrected chi connectivity index (χ2v) is 6.69. The lowest BCUT2D eigenvalue weighted by atomic mass is 10.1. The van der Waals surface area contributed by atoms with E-state index in [0.29, 0.717) is 17.0 Å². The number of pyridine rings is 1. The third-order valence-electron chi connectivity index (χ3n) is 4.80. The summed E-state index contributed by atoms with van der Waals surface area (Å²) in [6, 6.07) is 10.3. The first-order chi connectivity index (χ1) is 14.2. The maximum Gasteiger partial charge on any atom is 0.337 e. The standard InChI is InChI=1S/C21H20N4O4/c1-28-21(27)14-6-7-18(25-9-2-3-10-25)16(11-14)23-20(26)17-12-19(29-24-17)15-5-4-8-22-13-15/h4-8,11-13H,2-3,9-10H2,1H3,(H,23,26). The number of anilines is 2. The zero-order valence-corrected chi connectivity index (χ0v) is 15.9. The van der Waals surface area contributed by atoms with Gasteiger partial charge in [0.1, 0.15) is 0 Å². The van der Waals surface area contributed by atoms with Crippen LogP contribution in [0.1, 0.15) is 33.7 Å². The zero-order valence-electron chi connectivity index (χ0n) is 15.9. The molecule has 1 amide bonds. The van der Waals surface area contributed by atoms with Gasteiger partial charge in [0.15, 0.2) is 11.5 Å². The van der Waals surface area contributed by atoms with Crippen LogP contribution in [0.15, 0.2) is 53.3 Å². The highest BCUT2D eigenvalue weighted by Crippen LogP contribution is 2.31. The molecular weight excluding hydrogens is 372 g/mol. The van der Waals surface area contributed by atoms with Gasteiger partial charge in [-0.2, -0.15) is 0 Å². The summed E-state index contributed by atoms with van der Waals surface area (Å²) in [7, 11) is 1.32. The number of hydrogen-bond acceptors (Lipinski definition) is 7. The molecule has 0 bridgehead atoms. The fraction of sp³-hybridized carbons (Fsp3) is 0.238. The van der Waals surface area contributed by atoms with Crippen molar-refractivity contribution in [3.8, 4) is 11.3 Å². The molecule has 148 valence electrons. The quantitative estimate of drug-likeness (QED) is 0.665. The maximum absolute atomic E-state index is 12.8. The number of ether oxygens (including phenoxy) is 1. The predicted octanol–water partition coefficient (Wildman–Crippen LogP) is 3.38. The van der Waals surface area contributed by atoms with Gasteiger partial charge in [-0.3, -0.25) is 9.78 Å². The molecule has 3 heterocycles. The average Bonchev–Trinajstić information content (AvgIpc) is 3.46. The van der Waals surface area contributed by atoms with E-state index in [2.05, 4.69) is 20.4 Å². The molecule has 1 aliphatic heterocycles. The van der Waals surface area contributed by atoms with Crippen molar-refractivity contribution in [1.82, 2.24) is 10.1 Å². The van der Waals surface area contributed by atoms with E-state index < -0.39 is 11.9 Å². The second-order valence-electron chi connectivity index (χ2n) is 6.69. The Hall–Kier alpha value is -3.68. The summed E-state index contributed by atoms with van der Waals surface area (Å²) < 4.78 is 10.1. The number of hydrogen-bond donors (Lipinski definition) is 1. The molecule has 0 unspecified atom stereocenters. The molecular formula is C21H20N4O4. The van der Waals surface area contributed by atoms with E-state index in [1.807, 2.05) is 12.1 Å². The second kappa shape index (κ2) is 8.14. The van der Waals surface area contributed by atoms with Crippen LogP contribution >= 0.6 is 0 Å². The summed E-state index contributed by atoms with van der Waals surface area (Å²) >= 11 is 0. The number of aromatic nitrogens is 2. The number of carbonyl (C=O) groups is 2. The summed E-state index contributed by atoms with van der Waals surface area (Å²) in [5.74, 6) is -0.438. The number of rotatable bonds is 5. The van der Waals surface area contributed by atoms with Crippen molar-refractivity contribution in [2.24, 2.45) is 0 Å². The van der Waals surface area contributed by atoms with Gasteiger partial charge in [0.2, 0.25) is 0 Å². The van der Waals surface area contributed by atoms with Gasteiger partial charge < -0.3 is 19.5 Å². The fourth-order valence-corrected chi connectivity index (χ4v) is 3.33. The van der Waals surface area contributed by atoms with Crippen LogP contribution in [0.5, 0.6) is 0 Å². The van der Waals surface area contributed by atoms with Gasteiger partial charge in [0.05, 0.1) is 24.0 Å². The molecule has 4 rings (SSSR count). The molecule has 1 fully saturated rings. The van der Waals surface area contributed by atoms with E-state index in [0.717, 1.165) is 37.2 Å². The van der Waals surface area contributed by atoms with Crippen molar-refractivity contribution < 1.29 is 18.8 Å². The summed E-state index contributed by atoms with van der Waals surface area (Å²) in [6.45, 7) is 1.80. The smallest absolute Gasteiger partial charge is 0.337 e. The summed E-state index contributed by atoms with van der Waals surface area (Å²) in [5.41, 5.74) is 2.62. The Bertz CT molecular complexity index is 1030. The van der Waals surface area contributed by atoms with Crippen LogP contribution in [0.3, 0.4) is 0 Å². The first-order valence-corrected chi connectivity index (χ1v) is 9.31. The molecule has 29 heavy (non-hydrogen) atoms. The lowest BCUT2D eigenvalue weighted by molar-refractivity contribution is 0.0600. The Balaban J connectivity index is 1.61. The van der Waals surface area contributed by atoms with Crippen LogP contribution in [0.4, 0.5) is 11.4 Å². The number of esters is 1. The number of benzene rings is 1. The third kappa shape index (κ3) is 3.96. The zero-order chi connectivity index (χ0) is 20.2. The van der Waals surface area contributed by atoms with E-state index in [1.54, 1.807) is 36.7 Å². The molecule has 0 radical (unpaired) electrons. The first kappa shape index (κ1) is 18.7. The number of carbonyl (C=O) groups excluding carboxylic acids is 2. The molecule has 8 heteroatoms. The highest BCUT2D eigenvalue weighted by molar-refractivity contribution is 6.06. The number of amides is 1. The average molecular weight is 392 g/mol. The van der Waals surface area contributed by atoms with Crippen molar-refractivity contribution in [2.45, 2.75) is 12.8 Å². The van der Waals surface area contributed by atoms with E-state index in [1.165, 1.54) is 7.11 Å². The fourth-order valence-electron chi connectivity index (χ4n) is 3.33. The molecule has 0 atom stereocenters. The molecule has 0 saturated carbocycles. The molecule has 1 aliphatic rings. The van der Waals surface area contributed by atoms with Crippen LogP contribution in [0.2, 0.25) is 0 Å². The van der Waals surface area contributed by atoms with E-state index in [-0.39, 0.29) is 5.69 Å². The van der Waals surface area contributed by atoms with Crippen LogP contribution < -0.4 is 10.2 Å². The van der Waals surface area contributed by atoms with Gasteiger partial charge in [0, 0.05) is 37.1 Å². The minimum atomic E-state index is -0.464. The summed E-state index contributed by atoms with van der Waals surface area (Å²) in [6.07, 6.45) is 5.46. The molecule has 0 aliphatic carbocycles. The molecule has 1 saturated heterocycles. The molecule has 3 aromatic rings. The van der Waals surface area contributed by atoms with Crippen LogP contribution in [0, 0.1) is 0 Å². The summed E-state index contributed by atoms with van der Waals surface area (Å²) in [4.78, 5) is 30.9. The SMILES string of the molecule is COC(=O)c1ccc(N2CCCC2)c(NC(=O)c2cc(-c3cccnc3)on2)c1. The Morgan fingerprint density at radius 3 is 2.72 bits per heavy atom.